The van der Waals surface area contributed by atoms with Crippen LogP contribution in [-0.2, 0) is 0 Å². The molecule has 1 saturated heterocycles. The maximum Gasteiger partial charge on any atom is 0.288 e. The van der Waals surface area contributed by atoms with Gasteiger partial charge in [0, 0.05) is 25.2 Å². The number of nitrogens with zero attached hydrogens (tertiary/aromatic N) is 2. The number of rotatable bonds is 4. The Kier molecular flexibility index (Phi) is 2.59. The lowest BCUT2D eigenvalue weighted by Gasteiger charge is -2.10. The van der Waals surface area contributed by atoms with Crippen molar-refractivity contribution in [2.24, 2.45) is 17.6 Å². The summed E-state index contributed by atoms with van der Waals surface area (Å²) in [7, 11) is 0. The van der Waals surface area contributed by atoms with Gasteiger partial charge in [-0.2, -0.15) is 0 Å². The average molecular weight is 263 g/mol. The average Bonchev–Trinajstić information content (AvgIpc) is 2.82. The first-order valence-corrected chi connectivity index (χ1v) is 5.99. The molecule has 2 fully saturated rings. The second-order valence-electron chi connectivity index (χ2n) is 4.87. The van der Waals surface area contributed by atoms with Gasteiger partial charge in [-0.15, -0.1) is 0 Å². The van der Waals surface area contributed by atoms with Crippen molar-refractivity contribution in [1.29, 1.82) is 0 Å². The van der Waals surface area contributed by atoms with Gasteiger partial charge in [0.1, 0.15) is 12.0 Å². The summed E-state index contributed by atoms with van der Waals surface area (Å²) in [6.07, 6.45) is 1.13. The van der Waals surface area contributed by atoms with Crippen molar-refractivity contribution >= 4 is 17.4 Å². The Bertz CT molecular complexity index is 551. The number of nitro groups is 1. The van der Waals surface area contributed by atoms with E-state index in [1.54, 1.807) is 0 Å². The second kappa shape index (κ2) is 4.16. The standard InChI is InChI=1S/C11H13N5O3/c12-10(17)6-1-5(16(18)19)2-14-11(6)15-9-7-3-13-4-8(7)9/h1-2,7-9,13H,3-4H2,(H2,12,17)(H,14,15). The van der Waals surface area contributed by atoms with Gasteiger partial charge in [-0.1, -0.05) is 0 Å². The van der Waals surface area contributed by atoms with Gasteiger partial charge in [0.05, 0.1) is 10.5 Å². The summed E-state index contributed by atoms with van der Waals surface area (Å²) in [5.41, 5.74) is 5.06. The molecule has 19 heavy (non-hydrogen) atoms. The number of hydrogen-bond acceptors (Lipinski definition) is 6. The number of carbonyl (C=O) groups excluding carboxylic acids is 1. The molecule has 4 N–H and O–H groups in total. The minimum Gasteiger partial charge on any atom is -0.366 e. The van der Waals surface area contributed by atoms with Crippen LogP contribution in [-0.4, -0.2) is 34.9 Å². The summed E-state index contributed by atoms with van der Waals surface area (Å²) in [5.74, 6) is 0.690. The van der Waals surface area contributed by atoms with Crippen LogP contribution < -0.4 is 16.4 Å². The van der Waals surface area contributed by atoms with Crippen LogP contribution in [0.5, 0.6) is 0 Å². The van der Waals surface area contributed by atoms with Crippen LogP contribution in [0.2, 0.25) is 0 Å². The molecule has 1 aromatic heterocycles. The highest BCUT2D eigenvalue weighted by atomic mass is 16.6. The smallest absolute Gasteiger partial charge is 0.288 e. The van der Waals surface area contributed by atoms with Crippen LogP contribution in [0, 0.1) is 22.0 Å². The molecule has 0 aromatic carbocycles. The highest BCUT2D eigenvalue weighted by Crippen LogP contribution is 2.43. The number of aromatic nitrogens is 1. The molecule has 1 saturated carbocycles. The molecule has 1 aliphatic carbocycles. The molecule has 0 bridgehead atoms. The Balaban J connectivity index is 1.84. The lowest BCUT2D eigenvalue weighted by atomic mass is 10.2. The van der Waals surface area contributed by atoms with Gasteiger partial charge in [0.2, 0.25) is 0 Å². The number of pyridine rings is 1. The van der Waals surface area contributed by atoms with Gasteiger partial charge >= 0.3 is 0 Å². The fourth-order valence-corrected chi connectivity index (χ4v) is 2.65. The number of carbonyl (C=O) groups is 1. The molecule has 1 aromatic rings. The molecule has 3 rings (SSSR count). The maximum absolute atomic E-state index is 11.4. The molecule has 8 nitrogen and oxygen atoms in total. The largest absolute Gasteiger partial charge is 0.366 e. The van der Waals surface area contributed by atoms with Crippen molar-refractivity contribution in [2.45, 2.75) is 6.04 Å². The van der Waals surface area contributed by atoms with E-state index < -0.39 is 10.8 Å². The van der Waals surface area contributed by atoms with Crippen LogP contribution in [0.3, 0.4) is 0 Å². The van der Waals surface area contributed by atoms with Gasteiger partial charge in [0.15, 0.2) is 0 Å². The first-order valence-electron chi connectivity index (χ1n) is 5.99. The normalized spacial score (nSPS) is 27.7. The Labute approximate surface area is 108 Å². The van der Waals surface area contributed by atoms with Crippen LogP contribution >= 0.6 is 0 Å². The molecule has 2 aliphatic rings. The van der Waals surface area contributed by atoms with Gasteiger partial charge in [0.25, 0.3) is 11.6 Å². The molecular formula is C11H13N5O3. The maximum atomic E-state index is 11.4. The SMILES string of the molecule is NC(=O)c1cc([N+](=O)[O-])cnc1NC1C2CNCC21. The predicted octanol–water partition coefficient (Wildman–Crippen LogP) is -0.282. The van der Waals surface area contributed by atoms with E-state index in [4.69, 9.17) is 5.73 Å². The number of fused-ring (bicyclic) bond motifs is 1. The predicted molar refractivity (Wildman–Crippen MR) is 66.7 cm³/mol. The fraction of sp³-hybridized carbons (Fsp3) is 0.455. The third-order valence-electron chi connectivity index (χ3n) is 3.74. The van der Waals surface area contributed by atoms with E-state index in [-0.39, 0.29) is 17.3 Å². The van der Waals surface area contributed by atoms with E-state index in [0.717, 1.165) is 25.4 Å². The van der Waals surface area contributed by atoms with Crippen molar-refractivity contribution in [1.82, 2.24) is 10.3 Å². The van der Waals surface area contributed by atoms with E-state index in [2.05, 4.69) is 15.6 Å². The number of primary amides is 1. The van der Waals surface area contributed by atoms with Gasteiger partial charge in [-0.25, -0.2) is 4.98 Å². The lowest BCUT2D eigenvalue weighted by molar-refractivity contribution is -0.385. The Morgan fingerprint density at radius 3 is 2.79 bits per heavy atom. The van der Waals surface area contributed by atoms with Gasteiger partial charge in [-0.3, -0.25) is 14.9 Å². The molecule has 0 radical (unpaired) electrons. The molecule has 1 aliphatic heterocycles. The van der Waals surface area contributed by atoms with Crippen molar-refractivity contribution < 1.29 is 9.72 Å². The molecular weight excluding hydrogens is 250 g/mol. The zero-order valence-electron chi connectivity index (χ0n) is 10.00. The van der Waals surface area contributed by atoms with E-state index >= 15 is 0 Å². The van der Waals surface area contributed by atoms with Gasteiger partial charge in [-0.05, 0) is 11.8 Å². The number of piperidine rings is 1. The zero-order valence-corrected chi connectivity index (χ0v) is 10.00. The first-order chi connectivity index (χ1) is 9.08. The molecule has 2 atom stereocenters. The summed E-state index contributed by atoms with van der Waals surface area (Å²) in [6, 6.07) is 1.43. The number of anilines is 1. The number of hydrogen-bond donors (Lipinski definition) is 3. The van der Waals surface area contributed by atoms with Crippen molar-refractivity contribution in [3.63, 3.8) is 0 Å². The van der Waals surface area contributed by atoms with E-state index in [0.29, 0.717) is 17.7 Å². The Morgan fingerprint density at radius 2 is 2.21 bits per heavy atom. The Morgan fingerprint density at radius 1 is 1.53 bits per heavy atom. The first kappa shape index (κ1) is 11.8. The van der Waals surface area contributed by atoms with E-state index in [9.17, 15) is 14.9 Å². The molecule has 1 amide bonds. The van der Waals surface area contributed by atoms with Crippen molar-refractivity contribution in [2.75, 3.05) is 18.4 Å². The topological polar surface area (TPSA) is 123 Å². The lowest BCUT2D eigenvalue weighted by Crippen LogP contribution is -2.23. The summed E-state index contributed by atoms with van der Waals surface area (Å²) < 4.78 is 0. The van der Waals surface area contributed by atoms with Crippen LogP contribution in [0.4, 0.5) is 11.5 Å². The number of nitrogens with one attached hydrogen (secondary N) is 2. The number of amides is 1. The van der Waals surface area contributed by atoms with Crippen LogP contribution in [0.15, 0.2) is 12.3 Å². The fourth-order valence-electron chi connectivity index (χ4n) is 2.65. The van der Waals surface area contributed by atoms with Crippen molar-refractivity contribution in [3.05, 3.63) is 27.9 Å². The third kappa shape index (κ3) is 1.99. The second-order valence-corrected chi connectivity index (χ2v) is 4.87. The highest BCUT2D eigenvalue weighted by Gasteiger charge is 2.53. The minimum atomic E-state index is -0.720. The molecule has 2 unspecified atom stereocenters. The van der Waals surface area contributed by atoms with E-state index in [1.165, 1.54) is 0 Å². The molecule has 8 heteroatoms. The third-order valence-corrected chi connectivity index (χ3v) is 3.74. The van der Waals surface area contributed by atoms with Crippen LogP contribution in [0.1, 0.15) is 10.4 Å². The molecule has 100 valence electrons. The quantitative estimate of drug-likeness (QED) is 0.507. The van der Waals surface area contributed by atoms with E-state index in [1.807, 2.05) is 0 Å². The summed E-state index contributed by atoms with van der Waals surface area (Å²) >= 11 is 0. The summed E-state index contributed by atoms with van der Waals surface area (Å²) in [4.78, 5) is 25.4. The molecule has 2 heterocycles. The summed E-state index contributed by atoms with van der Waals surface area (Å²) in [6.45, 7) is 1.89. The zero-order chi connectivity index (χ0) is 13.6. The molecule has 0 spiro atoms. The van der Waals surface area contributed by atoms with Gasteiger partial charge < -0.3 is 16.4 Å². The Hall–Kier alpha value is -2.22. The summed E-state index contributed by atoms with van der Waals surface area (Å²) in [5, 5.41) is 17.1. The van der Waals surface area contributed by atoms with Crippen LogP contribution in [0.25, 0.3) is 0 Å². The number of nitrogens with two attached hydrogens (primary N) is 1. The van der Waals surface area contributed by atoms with Crippen molar-refractivity contribution in [3.8, 4) is 0 Å². The highest BCUT2D eigenvalue weighted by molar-refractivity contribution is 5.98. The minimum absolute atomic E-state index is 0.0622. The monoisotopic (exact) mass is 263 g/mol.